The van der Waals surface area contributed by atoms with Gasteiger partial charge in [-0.05, 0) is 53.6 Å². The van der Waals surface area contributed by atoms with Crippen molar-refractivity contribution in [2.45, 2.75) is 64.5 Å². The zero-order valence-electron chi connectivity index (χ0n) is 22.7. The zero-order chi connectivity index (χ0) is 27.3. The maximum absolute atomic E-state index is 13.1. The predicted octanol–water partition coefficient (Wildman–Crippen LogP) is 5.80. The van der Waals surface area contributed by atoms with Crippen molar-refractivity contribution in [3.63, 3.8) is 0 Å². The Hall–Kier alpha value is -3.80. The average Bonchev–Trinajstić information content (AvgIpc) is 3.22. The van der Waals surface area contributed by atoms with Crippen LogP contribution < -0.4 is 9.47 Å². The lowest BCUT2D eigenvalue weighted by molar-refractivity contribution is -0.144. The molecule has 1 atom stereocenters. The van der Waals surface area contributed by atoms with Crippen LogP contribution in [-0.2, 0) is 35.4 Å². The second-order valence-corrected chi connectivity index (χ2v) is 10.7. The molecule has 1 heterocycles. The number of carbonyl (C=O) groups is 2. The first-order chi connectivity index (χ1) is 18.2. The molecule has 0 spiro atoms. The summed E-state index contributed by atoms with van der Waals surface area (Å²) >= 11 is 0. The van der Waals surface area contributed by atoms with Crippen molar-refractivity contribution in [2.75, 3.05) is 13.7 Å². The van der Waals surface area contributed by atoms with E-state index in [4.69, 9.17) is 9.47 Å². The first-order valence-electron chi connectivity index (χ1n) is 13.2. The van der Waals surface area contributed by atoms with Gasteiger partial charge >= 0.3 is 5.97 Å². The highest BCUT2D eigenvalue weighted by molar-refractivity contribution is 5.81. The van der Waals surface area contributed by atoms with Gasteiger partial charge in [-0.2, -0.15) is 0 Å². The molecule has 0 saturated heterocycles. The lowest BCUT2D eigenvalue weighted by Gasteiger charge is -2.24. The van der Waals surface area contributed by atoms with Gasteiger partial charge in [0.05, 0.1) is 7.11 Å². The summed E-state index contributed by atoms with van der Waals surface area (Å²) in [6, 6.07) is 22.2. The topological polar surface area (TPSA) is 76.1 Å². The molecule has 1 amide bonds. The van der Waals surface area contributed by atoms with Gasteiger partial charge in [-0.25, -0.2) is 0 Å². The van der Waals surface area contributed by atoms with Gasteiger partial charge in [0.1, 0.15) is 23.6 Å². The van der Waals surface area contributed by atoms with Gasteiger partial charge in [-0.3, -0.25) is 9.59 Å². The lowest BCUT2D eigenvalue weighted by atomic mass is 9.90. The van der Waals surface area contributed by atoms with Gasteiger partial charge in [0.25, 0.3) is 0 Å². The van der Waals surface area contributed by atoms with E-state index in [0.29, 0.717) is 18.1 Å². The summed E-state index contributed by atoms with van der Waals surface area (Å²) in [4.78, 5) is 25.9. The van der Waals surface area contributed by atoms with Gasteiger partial charge in [-0.1, -0.05) is 68.4 Å². The summed E-state index contributed by atoms with van der Waals surface area (Å²) in [5.41, 5.74) is 5.23. The number of ether oxygens (including phenoxy) is 2. The van der Waals surface area contributed by atoms with E-state index in [1.165, 1.54) is 16.0 Å². The minimum atomic E-state index is -1.04. The van der Waals surface area contributed by atoms with Crippen LogP contribution in [-0.4, -0.2) is 41.1 Å². The number of aliphatic carboxylic acids is 1. The van der Waals surface area contributed by atoms with Gasteiger partial charge in [0.2, 0.25) is 5.91 Å². The average molecular weight is 516 g/mol. The van der Waals surface area contributed by atoms with Crippen LogP contribution in [0, 0.1) is 0 Å². The third-order valence-corrected chi connectivity index (χ3v) is 7.13. The van der Waals surface area contributed by atoms with E-state index in [1.54, 1.807) is 13.2 Å². The van der Waals surface area contributed by atoms with Crippen molar-refractivity contribution in [1.29, 1.82) is 0 Å². The Bertz CT molecular complexity index is 1280. The number of hydrogen-bond acceptors (Lipinski definition) is 4. The molecule has 200 valence electrons. The zero-order valence-corrected chi connectivity index (χ0v) is 22.7. The van der Waals surface area contributed by atoms with Gasteiger partial charge in [0.15, 0.2) is 0 Å². The number of para-hydroxylation sites is 1. The number of amides is 1. The molecule has 0 fully saturated rings. The molecule has 1 aliphatic heterocycles. The standard InChI is InChI=1S/C32H37NO5/c1-22(2)25-13-9-24(10-14-25)18-32(3)19-27-17-23(11-15-29(27)38-32)12-16-30(34)33(21-31(35)36)20-26-7-5-6-8-28(26)37-4/h5-11,13-15,17,22H,12,16,18-21H2,1-4H3,(H,35,36). The summed E-state index contributed by atoms with van der Waals surface area (Å²) < 4.78 is 11.7. The Morgan fingerprint density at radius 2 is 1.76 bits per heavy atom. The second-order valence-electron chi connectivity index (χ2n) is 10.7. The maximum atomic E-state index is 13.1. The van der Waals surface area contributed by atoms with E-state index < -0.39 is 5.97 Å². The minimum absolute atomic E-state index is 0.184. The molecule has 1 aliphatic rings. The Morgan fingerprint density at radius 3 is 2.45 bits per heavy atom. The van der Waals surface area contributed by atoms with E-state index in [-0.39, 0.29) is 31.0 Å². The van der Waals surface area contributed by atoms with E-state index in [2.05, 4.69) is 51.1 Å². The summed E-state index contributed by atoms with van der Waals surface area (Å²) in [6.07, 6.45) is 2.37. The number of methoxy groups -OCH3 is 1. The van der Waals surface area contributed by atoms with Crippen molar-refractivity contribution < 1.29 is 24.2 Å². The third-order valence-electron chi connectivity index (χ3n) is 7.13. The van der Waals surface area contributed by atoms with E-state index in [1.807, 2.05) is 30.3 Å². The molecule has 0 radical (unpaired) electrons. The summed E-state index contributed by atoms with van der Waals surface area (Å²) in [6.45, 7) is 6.37. The van der Waals surface area contributed by atoms with Gasteiger partial charge < -0.3 is 19.5 Å². The molecule has 6 heteroatoms. The van der Waals surface area contributed by atoms with Crippen LogP contribution in [0.15, 0.2) is 66.7 Å². The van der Waals surface area contributed by atoms with Crippen LogP contribution in [0.2, 0.25) is 0 Å². The number of hydrogen-bond donors (Lipinski definition) is 1. The molecule has 3 aromatic rings. The Labute approximate surface area is 225 Å². The van der Waals surface area contributed by atoms with Gasteiger partial charge in [0, 0.05) is 31.4 Å². The second kappa shape index (κ2) is 11.7. The summed E-state index contributed by atoms with van der Waals surface area (Å²) in [5.74, 6) is 0.790. The van der Waals surface area contributed by atoms with E-state index in [0.717, 1.165) is 35.3 Å². The molecular weight excluding hydrogens is 478 g/mol. The number of carbonyl (C=O) groups excluding carboxylic acids is 1. The lowest BCUT2D eigenvalue weighted by Crippen LogP contribution is -2.35. The first-order valence-corrected chi connectivity index (χ1v) is 13.2. The van der Waals surface area contributed by atoms with Crippen molar-refractivity contribution >= 4 is 11.9 Å². The van der Waals surface area contributed by atoms with Crippen LogP contribution in [0.3, 0.4) is 0 Å². The summed E-state index contributed by atoms with van der Waals surface area (Å²) in [5, 5.41) is 9.38. The molecule has 0 bridgehead atoms. The SMILES string of the molecule is COc1ccccc1CN(CC(=O)O)C(=O)CCc1ccc2c(c1)CC(C)(Cc1ccc(C(C)C)cc1)O2. The Kier molecular flexibility index (Phi) is 8.40. The Balaban J connectivity index is 1.39. The monoisotopic (exact) mass is 515 g/mol. The molecule has 0 aromatic heterocycles. The fourth-order valence-corrected chi connectivity index (χ4v) is 5.13. The number of fused-ring (bicyclic) bond motifs is 1. The van der Waals surface area contributed by atoms with Crippen LogP contribution in [0.5, 0.6) is 11.5 Å². The number of carboxylic acid groups (broad SMARTS) is 1. The molecule has 3 aromatic carbocycles. The maximum Gasteiger partial charge on any atom is 0.323 e. The van der Waals surface area contributed by atoms with Crippen molar-refractivity contribution in [2.24, 2.45) is 0 Å². The molecular formula is C32H37NO5. The highest BCUT2D eigenvalue weighted by Crippen LogP contribution is 2.38. The van der Waals surface area contributed by atoms with Crippen LogP contribution >= 0.6 is 0 Å². The predicted molar refractivity (Wildman–Crippen MR) is 148 cm³/mol. The number of carboxylic acids is 1. The van der Waals surface area contributed by atoms with Crippen LogP contribution in [0.25, 0.3) is 0 Å². The molecule has 1 unspecified atom stereocenters. The molecule has 4 rings (SSSR count). The fraction of sp³-hybridized carbons (Fsp3) is 0.375. The highest BCUT2D eigenvalue weighted by atomic mass is 16.5. The molecule has 6 nitrogen and oxygen atoms in total. The first kappa shape index (κ1) is 27.2. The van der Waals surface area contributed by atoms with E-state index in [9.17, 15) is 14.7 Å². The fourth-order valence-electron chi connectivity index (χ4n) is 5.13. The van der Waals surface area contributed by atoms with Gasteiger partial charge in [-0.15, -0.1) is 0 Å². The normalized spacial score (nSPS) is 16.1. The van der Waals surface area contributed by atoms with E-state index >= 15 is 0 Å². The number of aryl methyl sites for hydroxylation is 1. The quantitative estimate of drug-likeness (QED) is 0.349. The molecule has 0 aliphatic carbocycles. The number of rotatable bonds is 11. The highest BCUT2D eigenvalue weighted by Gasteiger charge is 2.35. The number of nitrogens with zero attached hydrogens (tertiary/aromatic N) is 1. The summed E-state index contributed by atoms with van der Waals surface area (Å²) in [7, 11) is 1.56. The van der Waals surface area contributed by atoms with Crippen molar-refractivity contribution in [3.8, 4) is 11.5 Å². The van der Waals surface area contributed by atoms with Crippen molar-refractivity contribution in [1.82, 2.24) is 4.90 Å². The Morgan fingerprint density at radius 1 is 1.05 bits per heavy atom. The molecule has 1 N–H and O–H groups in total. The van der Waals surface area contributed by atoms with Crippen LogP contribution in [0.4, 0.5) is 0 Å². The smallest absolute Gasteiger partial charge is 0.323 e. The molecule has 0 saturated carbocycles. The van der Waals surface area contributed by atoms with Crippen molar-refractivity contribution in [3.05, 3.63) is 94.5 Å². The van der Waals surface area contributed by atoms with Crippen LogP contribution in [0.1, 0.15) is 60.9 Å². The molecule has 38 heavy (non-hydrogen) atoms. The largest absolute Gasteiger partial charge is 0.496 e. The minimum Gasteiger partial charge on any atom is -0.496 e. The third kappa shape index (κ3) is 6.74. The number of benzene rings is 3.